The largest absolute Gasteiger partial charge is 0.478 e. The zero-order valence-electron chi connectivity index (χ0n) is 13.7. The average Bonchev–Trinajstić information content (AvgIpc) is 2.55. The third-order valence-corrected chi connectivity index (χ3v) is 3.28. The van der Waals surface area contributed by atoms with Crippen molar-refractivity contribution in [2.75, 3.05) is 0 Å². The van der Waals surface area contributed by atoms with Crippen molar-refractivity contribution < 1.29 is 24.4 Å². The van der Waals surface area contributed by atoms with Crippen LogP contribution in [0.1, 0.15) is 43.5 Å². The summed E-state index contributed by atoms with van der Waals surface area (Å²) >= 11 is 0. The van der Waals surface area contributed by atoms with Crippen LogP contribution in [0.25, 0.3) is 0 Å². The zero-order valence-corrected chi connectivity index (χ0v) is 13.7. The number of nitrogens with zero attached hydrogens (tertiary/aromatic N) is 1. The normalized spacial score (nSPS) is 16.0. The molecule has 0 amide bonds. The van der Waals surface area contributed by atoms with Crippen LogP contribution in [0.5, 0.6) is 0 Å². The van der Waals surface area contributed by atoms with Crippen molar-refractivity contribution in [2.24, 2.45) is 5.92 Å². The summed E-state index contributed by atoms with van der Waals surface area (Å²) in [6.45, 7) is 3.77. The van der Waals surface area contributed by atoms with Gasteiger partial charge in [0.2, 0.25) is 0 Å². The summed E-state index contributed by atoms with van der Waals surface area (Å²) in [7, 11) is 0. The van der Waals surface area contributed by atoms with E-state index >= 15 is 0 Å². The van der Waals surface area contributed by atoms with Crippen molar-refractivity contribution in [3.05, 3.63) is 52.1 Å². The number of rotatable bonds is 4. The third-order valence-electron chi connectivity index (χ3n) is 3.28. The van der Waals surface area contributed by atoms with Crippen molar-refractivity contribution in [3.63, 3.8) is 0 Å². The highest BCUT2D eigenvalue weighted by Crippen LogP contribution is 2.19. The Balaban J connectivity index is 0.000000240. The molecule has 0 spiro atoms. The summed E-state index contributed by atoms with van der Waals surface area (Å²) in [5.74, 6) is -1.02. The maximum Gasteiger partial charge on any atom is 0.335 e. The molecule has 0 heterocycles. The van der Waals surface area contributed by atoms with Crippen molar-refractivity contribution >= 4 is 17.6 Å². The summed E-state index contributed by atoms with van der Waals surface area (Å²) < 4.78 is 5.12. The summed E-state index contributed by atoms with van der Waals surface area (Å²) in [4.78, 5) is 31.2. The molecule has 1 unspecified atom stereocenters. The first-order valence-corrected chi connectivity index (χ1v) is 7.64. The lowest BCUT2D eigenvalue weighted by molar-refractivity contribution is -0.384. The highest BCUT2D eigenvalue weighted by atomic mass is 16.6. The molecule has 0 saturated carbocycles. The van der Waals surface area contributed by atoms with Crippen LogP contribution in [0.3, 0.4) is 0 Å². The number of carbonyl (C=O) groups excluding carboxylic acids is 1. The number of non-ortho nitro benzene ring substituents is 1. The number of aromatic carboxylic acids is 1. The lowest BCUT2D eigenvalue weighted by atomic mass is 9.95. The maximum absolute atomic E-state index is 11.4. The molecule has 7 heteroatoms. The van der Waals surface area contributed by atoms with E-state index in [0.29, 0.717) is 0 Å². The Kier molecular flexibility index (Phi) is 7.61. The van der Waals surface area contributed by atoms with E-state index in [9.17, 15) is 19.7 Å². The SMILES string of the molecule is CC(C)OC(=O)C1CC=CCC1.O=C(O)c1ccc([N+](=O)[O-])cc1. The van der Waals surface area contributed by atoms with Gasteiger partial charge in [0.15, 0.2) is 0 Å². The number of nitro benzene ring substituents is 1. The van der Waals surface area contributed by atoms with Crippen LogP contribution >= 0.6 is 0 Å². The van der Waals surface area contributed by atoms with Crippen LogP contribution < -0.4 is 0 Å². The number of ether oxygens (including phenoxy) is 1. The fourth-order valence-electron chi connectivity index (χ4n) is 2.06. The van der Waals surface area contributed by atoms with Gasteiger partial charge in [-0.15, -0.1) is 0 Å². The topological polar surface area (TPSA) is 107 Å². The first-order chi connectivity index (χ1) is 11.3. The highest BCUT2D eigenvalue weighted by Gasteiger charge is 2.20. The monoisotopic (exact) mass is 335 g/mol. The molecule has 0 bridgehead atoms. The summed E-state index contributed by atoms with van der Waals surface area (Å²) in [6, 6.07) is 4.70. The Morgan fingerprint density at radius 1 is 1.25 bits per heavy atom. The Morgan fingerprint density at radius 3 is 2.29 bits per heavy atom. The molecule has 24 heavy (non-hydrogen) atoms. The van der Waals surface area contributed by atoms with Gasteiger partial charge in [0, 0.05) is 12.1 Å². The molecule has 0 radical (unpaired) electrons. The molecule has 0 saturated heterocycles. The minimum atomic E-state index is -1.09. The fourth-order valence-corrected chi connectivity index (χ4v) is 2.06. The van der Waals surface area contributed by atoms with Crippen LogP contribution in [-0.2, 0) is 9.53 Å². The predicted octanol–water partition coefficient (Wildman–Crippen LogP) is 3.59. The van der Waals surface area contributed by atoms with Gasteiger partial charge < -0.3 is 9.84 Å². The summed E-state index contributed by atoms with van der Waals surface area (Å²) in [6.07, 6.45) is 7.02. The van der Waals surface area contributed by atoms with Crippen molar-refractivity contribution in [1.29, 1.82) is 0 Å². The van der Waals surface area contributed by atoms with E-state index < -0.39 is 10.9 Å². The quantitative estimate of drug-likeness (QED) is 0.390. The summed E-state index contributed by atoms with van der Waals surface area (Å²) in [5.41, 5.74) is -0.0689. The number of hydrogen-bond acceptors (Lipinski definition) is 5. The Labute approximate surface area is 140 Å². The zero-order chi connectivity index (χ0) is 18.1. The average molecular weight is 335 g/mol. The first kappa shape index (κ1) is 19.3. The number of allylic oxidation sites excluding steroid dienone is 2. The highest BCUT2D eigenvalue weighted by molar-refractivity contribution is 5.87. The predicted molar refractivity (Wildman–Crippen MR) is 87.8 cm³/mol. The molecule has 7 nitrogen and oxygen atoms in total. The molecule has 0 fully saturated rings. The molecule has 130 valence electrons. The van der Waals surface area contributed by atoms with Gasteiger partial charge >= 0.3 is 11.9 Å². The van der Waals surface area contributed by atoms with E-state index in [0.717, 1.165) is 31.4 Å². The van der Waals surface area contributed by atoms with Gasteiger partial charge in [0.25, 0.3) is 5.69 Å². The van der Waals surface area contributed by atoms with Gasteiger partial charge in [-0.1, -0.05) is 12.2 Å². The van der Waals surface area contributed by atoms with Crippen molar-refractivity contribution in [3.8, 4) is 0 Å². The number of carboxylic acids is 1. The first-order valence-electron chi connectivity index (χ1n) is 7.64. The molecule has 1 aromatic rings. The van der Waals surface area contributed by atoms with Crippen LogP contribution in [0, 0.1) is 16.0 Å². The van der Waals surface area contributed by atoms with Crippen LogP contribution in [0.4, 0.5) is 5.69 Å². The van der Waals surface area contributed by atoms with Gasteiger partial charge in [0.1, 0.15) is 0 Å². The lowest BCUT2D eigenvalue weighted by Crippen LogP contribution is -2.21. The Hall–Kier alpha value is -2.70. The minimum Gasteiger partial charge on any atom is -0.478 e. The van der Waals surface area contributed by atoms with E-state index in [1.165, 1.54) is 12.1 Å². The molecule has 0 aromatic heterocycles. The number of carboxylic acid groups (broad SMARTS) is 1. The molecule has 1 atom stereocenters. The fraction of sp³-hybridized carbons (Fsp3) is 0.412. The van der Waals surface area contributed by atoms with Gasteiger partial charge in [-0.25, -0.2) is 4.79 Å². The van der Waals surface area contributed by atoms with Gasteiger partial charge in [-0.3, -0.25) is 14.9 Å². The standard InChI is InChI=1S/C10H16O2.C7H5NO4/c1-8(2)12-10(11)9-6-4-3-5-7-9;9-7(10)5-1-3-6(4-2-5)8(11)12/h3-4,8-9H,5-7H2,1-2H3;1-4H,(H,9,10). The Bertz CT molecular complexity index is 573. The van der Waals surface area contributed by atoms with Crippen LogP contribution in [0.15, 0.2) is 36.4 Å². The summed E-state index contributed by atoms with van der Waals surface area (Å²) in [5, 5.41) is 18.6. The number of carbonyl (C=O) groups is 2. The third kappa shape index (κ3) is 6.60. The number of nitro groups is 1. The van der Waals surface area contributed by atoms with Crippen LogP contribution in [-0.4, -0.2) is 28.1 Å². The van der Waals surface area contributed by atoms with Crippen molar-refractivity contribution in [2.45, 2.75) is 39.2 Å². The van der Waals surface area contributed by atoms with E-state index in [-0.39, 0.29) is 29.2 Å². The second-order valence-corrected chi connectivity index (χ2v) is 5.58. The number of benzene rings is 1. The van der Waals surface area contributed by atoms with Gasteiger partial charge in [-0.05, 0) is 45.2 Å². The number of hydrogen-bond donors (Lipinski definition) is 1. The van der Waals surface area contributed by atoms with E-state index in [2.05, 4.69) is 12.2 Å². The van der Waals surface area contributed by atoms with E-state index in [1.807, 2.05) is 13.8 Å². The minimum absolute atomic E-state index is 0.0170. The molecular weight excluding hydrogens is 314 g/mol. The van der Waals surface area contributed by atoms with Gasteiger partial charge in [-0.2, -0.15) is 0 Å². The second-order valence-electron chi connectivity index (χ2n) is 5.58. The molecule has 1 aromatic carbocycles. The van der Waals surface area contributed by atoms with Crippen molar-refractivity contribution in [1.82, 2.24) is 0 Å². The second kappa shape index (κ2) is 9.44. The molecule has 0 aliphatic heterocycles. The van der Waals surface area contributed by atoms with E-state index in [1.54, 1.807) is 0 Å². The van der Waals surface area contributed by atoms with Crippen LogP contribution in [0.2, 0.25) is 0 Å². The lowest BCUT2D eigenvalue weighted by Gasteiger charge is -2.17. The molecule has 1 aliphatic carbocycles. The Morgan fingerprint density at radius 2 is 1.88 bits per heavy atom. The van der Waals surface area contributed by atoms with E-state index in [4.69, 9.17) is 9.84 Å². The smallest absolute Gasteiger partial charge is 0.335 e. The molecule has 1 aliphatic rings. The molecule has 2 rings (SSSR count). The molecular formula is C17H21NO6. The molecule has 1 N–H and O–H groups in total. The maximum atomic E-state index is 11.4. The number of esters is 1. The van der Waals surface area contributed by atoms with Gasteiger partial charge in [0.05, 0.1) is 22.5 Å².